The summed E-state index contributed by atoms with van der Waals surface area (Å²) in [6, 6.07) is 15.2. The molecule has 13 heteroatoms. The molecule has 0 aliphatic carbocycles. The van der Waals surface area contributed by atoms with Gasteiger partial charge in [0.2, 0.25) is 5.95 Å². The number of rotatable bonds is 4. The number of hydrogen-bond acceptors (Lipinski definition) is 8. The van der Waals surface area contributed by atoms with Gasteiger partial charge in [0.1, 0.15) is 16.9 Å². The number of nitrogens with two attached hydrogens (primary N) is 1. The van der Waals surface area contributed by atoms with E-state index >= 15 is 0 Å². The number of aromatic amines is 2. The summed E-state index contributed by atoms with van der Waals surface area (Å²) in [4.78, 5) is 48.5. The monoisotopic (exact) mass is 746 g/mol. The van der Waals surface area contributed by atoms with E-state index in [4.69, 9.17) is 15.7 Å². The van der Waals surface area contributed by atoms with Gasteiger partial charge in [-0.15, -0.1) is 0 Å². The van der Waals surface area contributed by atoms with Crippen LogP contribution in [-0.2, 0) is 12.8 Å². The zero-order valence-electron chi connectivity index (χ0n) is 32.9. The summed E-state index contributed by atoms with van der Waals surface area (Å²) in [5, 5.41) is 9.13. The molecule has 2 amide bonds. The van der Waals surface area contributed by atoms with E-state index in [9.17, 15) is 14.0 Å². The number of H-pyrrole nitrogens is 2. The van der Waals surface area contributed by atoms with E-state index in [1.165, 1.54) is 0 Å². The van der Waals surface area contributed by atoms with Crippen molar-refractivity contribution in [1.82, 2.24) is 40.5 Å². The minimum absolute atomic E-state index is 0.0200. The largest absolute Gasteiger partial charge is 0.368 e. The number of carbonyl (C=O) groups excluding carboxylic acids is 2. The molecule has 0 atom stereocenters. The molecule has 55 heavy (non-hydrogen) atoms. The second-order valence-corrected chi connectivity index (χ2v) is 16.4. The van der Waals surface area contributed by atoms with Crippen molar-refractivity contribution < 1.29 is 14.0 Å². The second-order valence-electron chi connectivity index (χ2n) is 16.4. The highest BCUT2D eigenvalue weighted by atomic mass is 19.1. The Hall–Kier alpha value is -5.69. The van der Waals surface area contributed by atoms with E-state index in [1.807, 2.05) is 43.3 Å². The number of anilines is 1. The number of benzene rings is 2. The van der Waals surface area contributed by atoms with Gasteiger partial charge < -0.3 is 31.7 Å². The van der Waals surface area contributed by atoms with Gasteiger partial charge in [-0.1, -0.05) is 65.8 Å². The molecule has 0 radical (unpaired) electrons. The molecule has 4 aromatic heterocycles. The Bertz CT molecular complexity index is 2380. The molecule has 2 aromatic carbocycles. The van der Waals surface area contributed by atoms with E-state index in [1.54, 1.807) is 19.1 Å². The molecule has 6 heterocycles. The number of para-hydroxylation sites is 2. The van der Waals surface area contributed by atoms with Crippen LogP contribution in [0.4, 0.5) is 10.2 Å². The van der Waals surface area contributed by atoms with E-state index < -0.39 is 5.95 Å². The topological polar surface area (TPSA) is 179 Å². The Kier molecular flexibility index (Phi) is 11.1. The van der Waals surface area contributed by atoms with Crippen LogP contribution in [0.5, 0.6) is 0 Å². The SMILES string of the molecule is CC(C)(C)CN.Cc1nc2cccc(-c3cc4c([nH]3)CCNC4=O)c2nc1F.Cc1nc2cccc(-c3cc4c([nH]3)CCNC4=O)c2nc1NCC(C)(C)C. The Morgan fingerprint density at radius 3 is 1.62 bits per heavy atom. The van der Waals surface area contributed by atoms with Crippen LogP contribution in [0.3, 0.4) is 0 Å². The smallest absolute Gasteiger partial charge is 0.253 e. The Morgan fingerprint density at radius 1 is 0.691 bits per heavy atom. The molecule has 2 aliphatic heterocycles. The van der Waals surface area contributed by atoms with E-state index in [2.05, 4.69) is 77.4 Å². The van der Waals surface area contributed by atoms with Crippen molar-refractivity contribution >= 4 is 39.7 Å². The second kappa shape index (κ2) is 15.6. The molecule has 0 unspecified atom stereocenters. The standard InChI is InChI=1S/C21H25N5O.C16H13FN4O.C5H13N/c1-12-19(23-11-21(2,3)4)26-18-13(6-5-7-16(18)24-12)17-10-14-15(25-17)8-9-22-20(14)27;1-8-15(17)21-14-9(3-2-4-12(14)19-8)13-7-10-11(20-13)5-6-18-16(10)22;1-5(2,3)4-6/h5-7,10,25H,8-9,11H2,1-4H3,(H,22,27)(H,23,26);2-4,7,20H,5-6H2,1H3,(H,18,22);4,6H2,1-3H3. The molecule has 2 aliphatic rings. The van der Waals surface area contributed by atoms with Gasteiger partial charge in [-0.3, -0.25) is 9.59 Å². The summed E-state index contributed by atoms with van der Waals surface area (Å²) < 4.78 is 13.8. The van der Waals surface area contributed by atoms with E-state index in [0.717, 1.165) is 87.9 Å². The van der Waals surface area contributed by atoms with Gasteiger partial charge in [0.05, 0.1) is 33.5 Å². The lowest BCUT2D eigenvalue weighted by Crippen LogP contribution is -2.31. The van der Waals surface area contributed by atoms with E-state index in [-0.39, 0.29) is 22.9 Å². The van der Waals surface area contributed by atoms with Crippen LogP contribution in [-0.4, -0.2) is 67.9 Å². The maximum Gasteiger partial charge on any atom is 0.253 e. The average Bonchev–Trinajstić information content (AvgIpc) is 3.77. The third-order valence-corrected chi connectivity index (χ3v) is 9.27. The van der Waals surface area contributed by atoms with Gasteiger partial charge in [0.25, 0.3) is 11.8 Å². The molecule has 0 saturated heterocycles. The molecule has 12 nitrogen and oxygen atoms in total. The third-order valence-electron chi connectivity index (χ3n) is 9.27. The normalized spacial score (nSPS) is 13.9. The number of carbonyl (C=O) groups is 2. The van der Waals surface area contributed by atoms with Crippen LogP contribution in [0.15, 0.2) is 48.5 Å². The summed E-state index contributed by atoms with van der Waals surface area (Å²) in [5.74, 6) is 0.124. The van der Waals surface area contributed by atoms with Crippen LogP contribution >= 0.6 is 0 Å². The molecule has 0 saturated carbocycles. The van der Waals surface area contributed by atoms with Crippen molar-refractivity contribution in [3.63, 3.8) is 0 Å². The Morgan fingerprint density at radius 2 is 1.16 bits per heavy atom. The van der Waals surface area contributed by atoms with Gasteiger partial charge in [-0.05, 0) is 55.5 Å². The highest BCUT2D eigenvalue weighted by molar-refractivity contribution is 6.00. The number of nitrogens with zero attached hydrogens (tertiary/aromatic N) is 4. The van der Waals surface area contributed by atoms with Gasteiger partial charge >= 0.3 is 0 Å². The number of amides is 2. The predicted molar refractivity (Wildman–Crippen MR) is 217 cm³/mol. The number of halogens is 1. The maximum atomic E-state index is 13.8. The summed E-state index contributed by atoms with van der Waals surface area (Å²) in [6.07, 6.45) is 1.57. The molecular weight excluding hydrogens is 696 g/mol. The quantitative estimate of drug-likeness (QED) is 0.111. The highest BCUT2D eigenvalue weighted by Gasteiger charge is 2.23. The van der Waals surface area contributed by atoms with Crippen molar-refractivity contribution in [1.29, 1.82) is 0 Å². The van der Waals surface area contributed by atoms with Crippen molar-refractivity contribution in [2.75, 3.05) is 31.5 Å². The fourth-order valence-corrected chi connectivity index (χ4v) is 6.14. The first-order valence-corrected chi connectivity index (χ1v) is 18.7. The molecular formula is C42H51FN10O2. The minimum Gasteiger partial charge on any atom is -0.368 e. The third kappa shape index (κ3) is 9.00. The number of fused-ring (bicyclic) bond motifs is 4. The summed E-state index contributed by atoms with van der Waals surface area (Å²) in [5.41, 5.74) is 16.3. The predicted octanol–water partition coefficient (Wildman–Crippen LogP) is 7.03. The molecule has 8 rings (SSSR count). The zero-order valence-corrected chi connectivity index (χ0v) is 32.9. The van der Waals surface area contributed by atoms with Gasteiger partial charge in [-0.25, -0.2) is 19.9 Å². The first-order valence-electron chi connectivity index (χ1n) is 18.7. The lowest BCUT2D eigenvalue weighted by atomic mass is 9.97. The zero-order chi connectivity index (χ0) is 39.7. The Balaban J connectivity index is 0.000000166. The van der Waals surface area contributed by atoms with Gasteiger partial charge in [0.15, 0.2) is 0 Å². The fourth-order valence-electron chi connectivity index (χ4n) is 6.14. The van der Waals surface area contributed by atoms with Crippen LogP contribution in [0.1, 0.15) is 85.0 Å². The van der Waals surface area contributed by atoms with Crippen LogP contribution in [0, 0.1) is 30.6 Å². The van der Waals surface area contributed by atoms with Crippen molar-refractivity contribution in [3.8, 4) is 22.5 Å². The molecule has 6 aromatic rings. The van der Waals surface area contributed by atoms with Crippen molar-refractivity contribution in [3.05, 3.63) is 88.4 Å². The summed E-state index contributed by atoms with van der Waals surface area (Å²) in [7, 11) is 0. The molecule has 288 valence electrons. The number of hydrogen-bond donors (Lipinski definition) is 6. The lowest BCUT2D eigenvalue weighted by Gasteiger charge is -2.20. The van der Waals surface area contributed by atoms with Crippen molar-refractivity contribution in [2.45, 2.75) is 68.2 Å². The average molecular weight is 747 g/mol. The first-order chi connectivity index (χ1) is 26.0. The summed E-state index contributed by atoms with van der Waals surface area (Å²) in [6.45, 7) is 19.3. The van der Waals surface area contributed by atoms with Crippen molar-refractivity contribution in [2.24, 2.45) is 16.6 Å². The summed E-state index contributed by atoms with van der Waals surface area (Å²) >= 11 is 0. The van der Waals surface area contributed by atoms with E-state index in [0.29, 0.717) is 35.1 Å². The highest BCUT2D eigenvalue weighted by Crippen LogP contribution is 2.31. The number of aromatic nitrogens is 6. The fraction of sp³-hybridized carbons (Fsp3) is 0.381. The number of aryl methyl sites for hydroxylation is 2. The molecule has 7 N–H and O–H groups in total. The minimum atomic E-state index is -0.575. The van der Waals surface area contributed by atoms with Crippen LogP contribution in [0.2, 0.25) is 0 Å². The number of nitrogens with one attached hydrogen (secondary N) is 5. The van der Waals surface area contributed by atoms with Gasteiger partial charge in [0, 0.05) is 66.4 Å². The van der Waals surface area contributed by atoms with Crippen LogP contribution in [0.25, 0.3) is 44.6 Å². The lowest BCUT2D eigenvalue weighted by molar-refractivity contribution is 0.0937. The molecule has 0 spiro atoms. The van der Waals surface area contributed by atoms with Gasteiger partial charge in [-0.2, -0.15) is 4.39 Å². The molecule has 0 bridgehead atoms. The maximum absolute atomic E-state index is 13.8. The Labute approximate surface area is 320 Å². The first kappa shape index (κ1) is 39.0. The molecule has 0 fully saturated rings. The van der Waals surface area contributed by atoms with Crippen LogP contribution < -0.4 is 21.7 Å².